The Labute approximate surface area is 200 Å². The molecule has 0 radical (unpaired) electrons. The lowest BCUT2D eigenvalue weighted by Gasteiger charge is -2.36. The molecule has 7 heteroatoms. The van der Waals surface area contributed by atoms with E-state index in [4.69, 9.17) is 9.97 Å². The van der Waals surface area contributed by atoms with E-state index in [9.17, 15) is 4.79 Å². The highest BCUT2D eigenvalue weighted by molar-refractivity contribution is 7.19. The van der Waals surface area contributed by atoms with Gasteiger partial charge in [-0.1, -0.05) is 44.2 Å². The molecule has 0 spiro atoms. The van der Waals surface area contributed by atoms with Crippen LogP contribution in [0.25, 0.3) is 10.2 Å². The van der Waals surface area contributed by atoms with Gasteiger partial charge in [0.15, 0.2) is 0 Å². The van der Waals surface area contributed by atoms with Gasteiger partial charge >= 0.3 is 0 Å². The summed E-state index contributed by atoms with van der Waals surface area (Å²) >= 11 is 1.85. The third kappa shape index (κ3) is 4.62. The fourth-order valence-corrected chi connectivity index (χ4v) is 6.24. The third-order valence-electron chi connectivity index (χ3n) is 6.85. The Hall–Kier alpha value is -2.51. The number of aromatic nitrogens is 2. The third-order valence-corrected chi connectivity index (χ3v) is 7.97. The van der Waals surface area contributed by atoms with Crippen molar-refractivity contribution in [2.75, 3.05) is 44.2 Å². The van der Waals surface area contributed by atoms with Crippen LogP contribution in [0.15, 0.2) is 30.3 Å². The summed E-state index contributed by atoms with van der Waals surface area (Å²) in [5, 5.41) is 1.26. The molecule has 2 aromatic heterocycles. The molecule has 1 fully saturated rings. The first kappa shape index (κ1) is 22.3. The van der Waals surface area contributed by atoms with Crippen LogP contribution in [0.2, 0.25) is 0 Å². The topological polar surface area (TPSA) is 52.6 Å². The van der Waals surface area contributed by atoms with Gasteiger partial charge in [-0.25, -0.2) is 9.97 Å². The Morgan fingerprint density at radius 1 is 1.03 bits per heavy atom. The van der Waals surface area contributed by atoms with Crippen LogP contribution < -0.4 is 4.90 Å². The van der Waals surface area contributed by atoms with Crippen molar-refractivity contribution in [1.29, 1.82) is 0 Å². The number of thiophene rings is 1. The number of hydrogen-bond donors (Lipinski definition) is 0. The van der Waals surface area contributed by atoms with Crippen LogP contribution in [0.3, 0.4) is 0 Å². The van der Waals surface area contributed by atoms with E-state index in [-0.39, 0.29) is 5.91 Å². The molecule has 0 saturated carbocycles. The number of amides is 1. The molecule has 0 aliphatic carbocycles. The minimum Gasteiger partial charge on any atom is -0.352 e. The second-order valence-electron chi connectivity index (χ2n) is 9.05. The molecular weight excluding hydrogens is 430 g/mol. The summed E-state index contributed by atoms with van der Waals surface area (Å²) in [6.07, 6.45) is 3.35. The molecule has 0 N–H and O–H groups in total. The van der Waals surface area contributed by atoms with E-state index in [1.165, 1.54) is 21.4 Å². The smallest absolute Gasteiger partial charge is 0.222 e. The van der Waals surface area contributed by atoms with Crippen molar-refractivity contribution in [3.8, 4) is 0 Å². The SMILES string of the molecule is CCCC(=O)N1CCN(c2nc(Cc3ccccc3)nc3sc4c(c23)CCN(CC)C4)CC1. The summed E-state index contributed by atoms with van der Waals surface area (Å²) in [5.41, 5.74) is 2.68. The number of nitrogens with zero attached hydrogens (tertiary/aromatic N) is 5. The molecule has 4 heterocycles. The Bertz CT molecular complexity index is 1120. The number of fused-ring (bicyclic) bond motifs is 3. The van der Waals surface area contributed by atoms with E-state index in [1.54, 1.807) is 0 Å². The Balaban J connectivity index is 1.50. The van der Waals surface area contributed by atoms with E-state index >= 15 is 0 Å². The van der Waals surface area contributed by atoms with Gasteiger partial charge in [0, 0.05) is 57.0 Å². The summed E-state index contributed by atoms with van der Waals surface area (Å²) < 4.78 is 0. The van der Waals surface area contributed by atoms with Crippen LogP contribution >= 0.6 is 11.3 Å². The number of likely N-dealkylation sites (N-methyl/N-ethyl adjacent to an activating group) is 1. The number of hydrogen-bond acceptors (Lipinski definition) is 6. The zero-order valence-electron chi connectivity index (χ0n) is 19.7. The minimum absolute atomic E-state index is 0.280. The summed E-state index contributed by atoms with van der Waals surface area (Å²) in [4.78, 5) is 32.1. The predicted octanol–water partition coefficient (Wildman–Crippen LogP) is 4.11. The first-order valence-electron chi connectivity index (χ1n) is 12.3. The van der Waals surface area contributed by atoms with Crippen molar-refractivity contribution < 1.29 is 4.79 Å². The molecular formula is C26H33N5OS. The first-order valence-corrected chi connectivity index (χ1v) is 13.1. The summed E-state index contributed by atoms with van der Waals surface area (Å²) in [7, 11) is 0. The zero-order valence-corrected chi connectivity index (χ0v) is 20.5. The summed E-state index contributed by atoms with van der Waals surface area (Å²) in [5.74, 6) is 2.25. The molecule has 0 bridgehead atoms. The van der Waals surface area contributed by atoms with Gasteiger partial charge < -0.3 is 9.80 Å². The van der Waals surface area contributed by atoms with Gasteiger partial charge in [0.2, 0.25) is 5.91 Å². The first-order chi connectivity index (χ1) is 16.2. The maximum absolute atomic E-state index is 12.4. The Morgan fingerprint density at radius 2 is 1.82 bits per heavy atom. The molecule has 1 saturated heterocycles. The molecule has 1 amide bonds. The second kappa shape index (κ2) is 9.77. The van der Waals surface area contributed by atoms with Crippen LogP contribution in [-0.4, -0.2) is 64.9 Å². The summed E-state index contributed by atoms with van der Waals surface area (Å²) in [6, 6.07) is 10.5. The van der Waals surface area contributed by atoms with Crippen molar-refractivity contribution in [3.63, 3.8) is 0 Å². The number of carbonyl (C=O) groups excluding carboxylic acids is 1. The molecule has 0 unspecified atom stereocenters. The van der Waals surface area contributed by atoms with Gasteiger partial charge in [0.1, 0.15) is 16.5 Å². The van der Waals surface area contributed by atoms with Crippen LogP contribution in [-0.2, 0) is 24.2 Å². The van der Waals surface area contributed by atoms with E-state index < -0.39 is 0 Å². The van der Waals surface area contributed by atoms with Crippen LogP contribution in [0, 0.1) is 0 Å². The maximum Gasteiger partial charge on any atom is 0.222 e. The normalized spacial score (nSPS) is 16.9. The fourth-order valence-electron chi connectivity index (χ4n) is 4.97. The molecule has 1 aromatic carbocycles. The van der Waals surface area contributed by atoms with Crippen molar-refractivity contribution in [2.24, 2.45) is 0 Å². The molecule has 174 valence electrons. The van der Waals surface area contributed by atoms with Gasteiger partial charge in [-0.15, -0.1) is 11.3 Å². The number of carbonyl (C=O) groups is 1. The highest BCUT2D eigenvalue weighted by atomic mass is 32.1. The van der Waals surface area contributed by atoms with Crippen LogP contribution in [0.1, 0.15) is 48.5 Å². The average Bonchev–Trinajstić information content (AvgIpc) is 3.22. The minimum atomic E-state index is 0.280. The quantitative estimate of drug-likeness (QED) is 0.551. The standard InChI is InChI=1S/C26H33N5OS/c1-3-8-23(32)30-13-15-31(16-14-30)25-24-20-11-12-29(4-2)18-21(20)33-26(24)28-22(27-25)17-19-9-6-5-7-10-19/h5-7,9-10H,3-4,8,11-18H2,1-2H3. The maximum atomic E-state index is 12.4. The molecule has 0 atom stereocenters. The molecule has 2 aliphatic heterocycles. The molecule has 33 heavy (non-hydrogen) atoms. The number of piperazine rings is 1. The van der Waals surface area contributed by atoms with Gasteiger partial charge in [0.05, 0.1) is 5.39 Å². The Morgan fingerprint density at radius 3 is 2.55 bits per heavy atom. The van der Waals surface area contributed by atoms with E-state index in [1.807, 2.05) is 22.3 Å². The van der Waals surface area contributed by atoms with Crippen LogP contribution in [0.5, 0.6) is 0 Å². The second-order valence-corrected chi connectivity index (χ2v) is 10.1. The summed E-state index contributed by atoms with van der Waals surface area (Å²) in [6.45, 7) is 10.7. The monoisotopic (exact) mass is 463 g/mol. The number of rotatable bonds is 6. The van der Waals surface area contributed by atoms with E-state index in [0.717, 1.165) is 81.5 Å². The van der Waals surface area contributed by atoms with Crippen molar-refractivity contribution in [3.05, 3.63) is 52.2 Å². The molecule has 5 rings (SSSR count). The lowest BCUT2D eigenvalue weighted by molar-refractivity contribution is -0.131. The molecule has 3 aromatic rings. The van der Waals surface area contributed by atoms with E-state index in [0.29, 0.717) is 6.42 Å². The number of anilines is 1. The van der Waals surface area contributed by atoms with Gasteiger partial charge in [0.25, 0.3) is 0 Å². The lowest BCUT2D eigenvalue weighted by atomic mass is 10.0. The number of benzene rings is 1. The highest BCUT2D eigenvalue weighted by Crippen LogP contribution is 2.39. The van der Waals surface area contributed by atoms with Crippen LogP contribution in [0.4, 0.5) is 5.82 Å². The fraction of sp³-hybridized carbons (Fsp3) is 0.500. The average molecular weight is 464 g/mol. The van der Waals surface area contributed by atoms with Gasteiger partial charge in [-0.2, -0.15) is 0 Å². The largest absolute Gasteiger partial charge is 0.352 e. The molecule has 2 aliphatic rings. The Kier molecular flexibility index (Phi) is 6.60. The van der Waals surface area contributed by atoms with Crippen molar-refractivity contribution in [1.82, 2.24) is 19.8 Å². The van der Waals surface area contributed by atoms with E-state index in [2.05, 4.69) is 47.9 Å². The van der Waals surface area contributed by atoms with Gasteiger partial charge in [-0.3, -0.25) is 9.69 Å². The highest BCUT2D eigenvalue weighted by Gasteiger charge is 2.28. The van der Waals surface area contributed by atoms with Crippen molar-refractivity contribution >= 4 is 33.3 Å². The molecule has 6 nitrogen and oxygen atoms in total. The lowest BCUT2D eigenvalue weighted by Crippen LogP contribution is -2.49. The van der Waals surface area contributed by atoms with Gasteiger partial charge in [-0.05, 0) is 30.5 Å². The van der Waals surface area contributed by atoms with Crippen molar-refractivity contribution in [2.45, 2.75) is 46.1 Å². The zero-order chi connectivity index (χ0) is 22.8. The predicted molar refractivity (Wildman–Crippen MR) is 135 cm³/mol.